The Hall–Kier alpha value is -3.39. The molecule has 1 aliphatic carbocycles. The van der Waals surface area contributed by atoms with Crippen LogP contribution < -0.4 is 15.5 Å². The van der Waals surface area contributed by atoms with Gasteiger partial charge in [0.2, 0.25) is 0 Å². The fraction of sp³-hybridized carbons (Fsp3) is 0.423. The number of aliphatic imine (C=N–C) groups is 1. The standard InChI is InChI=1S/C26H28N8/c27-24-22-17(4-1-10-29-22)14-26(24)7-12-33(13-8-26)21-16-30-23-19(32-21)15-31-25(23)34-11-3-5-18-20(34)6-2-9-28-18/h1-2,4,6,9-10,16,24H,3,5,7-8,11-15,27H2. The Morgan fingerprint density at radius 3 is 2.71 bits per heavy atom. The maximum absolute atomic E-state index is 6.70. The van der Waals surface area contributed by atoms with Gasteiger partial charge in [0.25, 0.3) is 0 Å². The number of amidine groups is 1. The summed E-state index contributed by atoms with van der Waals surface area (Å²) in [4.78, 5) is 28.5. The van der Waals surface area contributed by atoms with Gasteiger partial charge in [0.15, 0.2) is 5.84 Å². The van der Waals surface area contributed by atoms with Gasteiger partial charge < -0.3 is 15.5 Å². The molecule has 0 amide bonds. The van der Waals surface area contributed by atoms with E-state index in [4.69, 9.17) is 20.7 Å². The molecule has 172 valence electrons. The maximum atomic E-state index is 6.70. The van der Waals surface area contributed by atoms with Crippen molar-refractivity contribution in [1.29, 1.82) is 0 Å². The fourth-order valence-electron chi connectivity index (χ4n) is 6.25. The molecule has 1 spiro atoms. The van der Waals surface area contributed by atoms with Gasteiger partial charge in [-0.15, -0.1) is 0 Å². The largest absolute Gasteiger partial charge is 0.355 e. The lowest BCUT2D eigenvalue weighted by atomic mass is 9.73. The van der Waals surface area contributed by atoms with Crippen molar-refractivity contribution in [2.45, 2.75) is 44.7 Å². The first-order valence-electron chi connectivity index (χ1n) is 12.3. The zero-order valence-corrected chi connectivity index (χ0v) is 19.2. The molecule has 0 saturated carbocycles. The van der Waals surface area contributed by atoms with Crippen LogP contribution in [0.2, 0.25) is 0 Å². The number of rotatable bonds is 1. The minimum Gasteiger partial charge on any atom is -0.355 e. The van der Waals surface area contributed by atoms with Crippen molar-refractivity contribution in [3.8, 4) is 0 Å². The van der Waals surface area contributed by atoms with E-state index in [1.807, 2.05) is 30.7 Å². The topological polar surface area (TPSA) is 96.4 Å². The summed E-state index contributed by atoms with van der Waals surface area (Å²) >= 11 is 0. The molecule has 6 heterocycles. The van der Waals surface area contributed by atoms with Crippen molar-refractivity contribution in [2.24, 2.45) is 16.1 Å². The molecular formula is C26H28N8. The quantitative estimate of drug-likeness (QED) is 0.606. The van der Waals surface area contributed by atoms with Crippen LogP contribution in [0, 0.1) is 5.41 Å². The molecule has 7 rings (SSSR count). The number of aromatic nitrogens is 4. The van der Waals surface area contributed by atoms with E-state index in [0.717, 1.165) is 91.9 Å². The average Bonchev–Trinajstić information content (AvgIpc) is 3.43. The number of nitrogens with two attached hydrogens (primary N) is 1. The number of piperidine rings is 1. The number of aryl methyl sites for hydroxylation is 1. The summed E-state index contributed by atoms with van der Waals surface area (Å²) in [7, 11) is 0. The first-order valence-corrected chi connectivity index (χ1v) is 12.3. The maximum Gasteiger partial charge on any atom is 0.156 e. The number of anilines is 2. The van der Waals surface area contributed by atoms with Gasteiger partial charge >= 0.3 is 0 Å². The summed E-state index contributed by atoms with van der Waals surface area (Å²) in [6.07, 6.45) is 10.9. The van der Waals surface area contributed by atoms with Gasteiger partial charge in [0.05, 0.1) is 41.6 Å². The van der Waals surface area contributed by atoms with Crippen molar-refractivity contribution >= 4 is 17.3 Å². The van der Waals surface area contributed by atoms with Gasteiger partial charge in [-0.25, -0.2) is 9.97 Å². The molecule has 4 aliphatic rings. The van der Waals surface area contributed by atoms with Crippen LogP contribution in [0.25, 0.3) is 0 Å². The molecule has 3 aromatic rings. The third-order valence-corrected chi connectivity index (χ3v) is 8.14. The number of nitrogens with zero attached hydrogens (tertiary/aromatic N) is 7. The highest BCUT2D eigenvalue weighted by Gasteiger charge is 2.47. The van der Waals surface area contributed by atoms with Gasteiger partial charge in [-0.05, 0) is 61.3 Å². The second kappa shape index (κ2) is 7.56. The molecule has 1 saturated heterocycles. The van der Waals surface area contributed by atoms with Crippen molar-refractivity contribution in [2.75, 3.05) is 29.4 Å². The first-order chi connectivity index (χ1) is 16.7. The Labute approximate surface area is 199 Å². The molecule has 0 bridgehead atoms. The van der Waals surface area contributed by atoms with E-state index in [9.17, 15) is 0 Å². The highest BCUT2D eigenvalue weighted by Crippen LogP contribution is 2.50. The van der Waals surface area contributed by atoms with Crippen molar-refractivity contribution < 1.29 is 0 Å². The molecule has 1 unspecified atom stereocenters. The molecule has 0 aromatic carbocycles. The monoisotopic (exact) mass is 452 g/mol. The van der Waals surface area contributed by atoms with Crippen LogP contribution in [0.5, 0.6) is 0 Å². The number of pyridine rings is 2. The second-order valence-corrected chi connectivity index (χ2v) is 9.94. The minimum absolute atomic E-state index is 0.0230. The van der Waals surface area contributed by atoms with Gasteiger partial charge in [-0.2, -0.15) is 0 Å². The van der Waals surface area contributed by atoms with Crippen molar-refractivity contribution in [3.05, 3.63) is 71.2 Å². The first kappa shape index (κ1) is 20.0. The van der Waals surface area contributed by atoms with Crippen molar-refractivity contribution in [1.82, 2.24) is 19.9 Å². The Morgan fingerprint density at radius 1 is 0.971 bits per heavy atom. The van der Waals surface area contributed by atoms with E-state index in [1.165, 1.54) is 5.56 Å². The highest BCUT2D eigenvalue weighted by atomic mass is 15.3. The molecule has 1 fully saturated rings. The number of hydrogen-bond acceptors (Lipinski definition) is 8. The molecule has 1 atom stereocenters. The minimum atomic E-state index is 0.0230. The molecule has 34 heavy (non-hydrogen) atoms. The molecule has 8 heteroatoms. The summed E-state index contributed by atoms with van der Waals surface area (Å²) in [6, 6.07) is 8.36. The lowest BCUT2D eigenvalue weighted by molar-refractivity contribution is 0.185. The predicted molar refractivity (Wildman–Crippen MR) is 131 cm³/mol. The third kappa shape index (κ3) is 2.98. The predicted octanol–water partition coefficient (Wildman–Crippen LogP) is 2.82. The lowest BCUT2D eigenvalue weighted by Gasteiger charge is -2.42. The number of fused-ring (bicyclic) bond motifs is 3. The Bertz CT molecular complexity index is 1290. The summed E-state index contributed by atoms with van der Waals surface area (Å²) in [5.41, 5.74) is 13.4. The van der Waals surface area contributed by atoms with Crippen LogP contribution in [0.1, 0.15) is 53.6 Å². The van der Waals surface area contributed by atoms with Crippen LogP contribution >= 0.6 is 0 Å². The molecule has 0 radical (unpaired) electrons. The Balaban J connectivity index is 1.09. The summed E-state index contributed by atoms with van der Waals surface area (Å²) < 4.78 is 0. The Morgan fingerprint density at radius 2 is 1.82 bits per heavy atom. The molecule has 3 aromatic heterocycles. The van der Waals surface area contributed by atoms with E-state index in [2.05, 4.69) is 31.9 Å². The van der Waals surface area contributed by atoms with E-state index >= 15 is 0 Å². The molecule has 8 nitrogen and oxygen atoms in total. The molecule has 2 N–H and O–H groups in total. The zero-order valence-electron chi connectivity index (χ0n) is 19.2. The van der Waals surface area contributed by atoms with Crippen LogP contribution in [0.15, 0.2) is 47.8 Å². The van der Waals surface area contributed by atoms with Crippen LogP contribution in [-0.2, 0) is 19.4 Å². The van der Waals surface area contributed by atoms with E-state index in [0.29, 0.717) is 6.54 Å². The number of hydrogen-bond donors (Lipinski definition) is 1. The van der Waals surface area contributed by atoms with E-state index in [-0.39, 0.29) is 11.5 Å². The normalized spacial score (nSPS) is 22.4. The van der Waals surface area contributed by atoms with Crippen LogP contribution in [0.3, 0.4) is 0 Å². The lowest BCUT2D eigenvalue weighted by Crippen LogP contribution is -2.44. The van der Waals surface area contributed by atoms with Gasteiger partial charge in [-0.1, -0.05) is 6.07 Å². The van der Waals surface area contributed by atoms with Gasteiger partial charge in [0.1, 0.15) is 11.5 Å². The van der Waals surface area contributed by atoms with Crippen LogP contribution in [0.4, 0.5) is 11.5 Å². The van der Waals surface area contributed by atoms with E-state index < -0.39 is 0 Å². The van der Waals surface area contributed by atoms with Gasteiger partial charge in [-0.3, -0.25) is 15.0 Å². The van der Waals surface area contributed by atoms with Crippen LogP contribution in [-0.4, -0.2) is 45.4 Å². The zero-order chi connectivity index (χ0) is 22.7. The second-order valence-electron chi connectivity index (χ2n) is 9.94. The molecule has 3 aliphatic heterocycles. The van der Waals surface area contributed by atoms with Gasteiger partial charge in [0, 0.05) is 32.0 Å². The van der Waals surface area contributed by atoms with Crippen molar-refractivity contribution in [3.63, 3.8) is 0 Å². The summed E-state index contributed by atoms with van der Waals surface area (Å²) in [6.45, 7) is 3.40. The summed E-state index contributed by atoms with van der Waals surface area (Å²) in [5, 5.41) is 0. The third-order valence-electron chi connectivity index (χ3n) is 8.14. The Kier molecular flexibility index (Phi) is 4.45. The average molecular weight is 453 g/mol. The van der Waals surface area contributed by atoms with E-state index in [1.54, 1.807) is 0 Å². The molecular weight excluding hydrogens is 424 g/mol. The smallest absolute Gasteiger partial charge is 0.156 e. The fourth-order valence-corrected chi connectivity index (χ4v) is 6.25. The summed E-state index contributed by atoms with van der Waals surface area (Å²) in [5.74, 6) is 1.88. The highest BCUT2D eigenvalue weighted by molar-refractivity contribution is 6.11. The SMILES string of the molecule is NC1c2ncccc2CC12CCN(c1cnc3c(n1)CN=C3N1CCCc3ncccc31)CC2.